The molecule has 2 bridgehead atoms. The number of hydrogen-bond acceptors (Lipinski definition) is 3. The van der Waals surface area contributed by atoms with Crippen molar-refractivity contribution in [3.8, 4) is 0 Å². The minimum atomic E-state index is -0.717. The van der Waals surface area contributed by atoms with Gasteiger partial charge in [-0.1, -0.05) is 19.9 Å². The highest BCUT2D eigenvalue weighted by molar-refractivity contribution is 5.75. The number of aliphatic hydroxyl groups is 2. The van der Waals surface area contributed by atoms with E-state index in [9.17, 15) is 20.1 Å². The third kappa shape index (κ3) is 1.74. The van der Waals surface area contributed by atoms with Gasteiger partial charge in [-0.3, -0.25) is 4.79 Å². The standard InChI is InChI=1S/C20H30O4/c1-11-12-9-13(21)15-18(2)6-4-7-19(3,17(23)24)14(18)5-8-20(15,10-12)16(11)22/h12-16,21-22H,1,4-10H2,2-3H3,(H,23,24)/t12-,13+,14+,15?,16-,18-,19-,20-/m1/s1. The van der Waals surface area contributed by atoms with Crippen LogP contribution in [0.1, 0.15) is 58.8 Å². The zero-order valence-corrected chi connectivity index (χ0v) is 14.8. The summed E-state index contributed by atoms with van der Waals surface area (Å²) in [5.41, 5.74) is -0.331. The molecule has 24 heavy (non-hydrogen) atoms. The van der Waals surface area contributed by atoms with Crippen molar-refractivity contribution in [3.05, 3.63) is 12.2 Å². The Kier molecular flexibility index (Phi) is 3.35. The molecule has 1 spiro atoms. The van der Waals surface area contributed by atoms with E-state index in [1.54, 1.807) is 0 Å². The Hall–Kier alpha value is -0.870. The van der Waals surface area contributed by atoms with Crippen molar-refractivity contribution in [1.82, 2.24) is 0 Å². The molecule has 0 aromatic rings. The van der Waals surface area contributed by atoms with Gasteiger partial charge < -0.3 is 15.3 Å². The highest BCUT2D eigenvalue weighted by atomic mass is 16.4. The second-order valence-electron chi connectivity index (χ2n) is 9.57. The lowest BCUT2D eigenvalue weighted by atomic mass is 9.40. The lowest BCUT2D eigenvalue weighted by molar-refractivity contribution is -0.212. The Morgan fingerprint density at radius 3 is 2.58 bits per heavy atom. The van der Waals surface area contributed by atoms with Gasteiger partial charge in [0.2, 0.25) is 0 Å². The summed E-state index contributed by atoms with van der Waals surface area (Å²) in [5.74, 6) is -0.429. The smallest absolute Gasteiger partial charge is 0.309 e. The topological polar surface area (TPSA) is 77.8 Å². The van der Waals surface area contributed by atoms with Gasteiger partial charge in [0.1, 0.15) is 0 Å². The number of aliphatic hydroxyl groups excluding tert-OH is 2. The van der Waals surface area contributed by atoms with Crippen LogP contribution in [0.4, 0.5) is 0 Å². The largest absolute Gasteiger partial charge is 0.481 e. The molecule has 0 heterocycles. The molecule has 0 aromatic heterocycles. The van der Waals surface area contributed by atoms with Crippen LogP contribution in [-0.2, 0) is 4.79 Å². The predicted octanol–water partition coefficient (Wildman–Crippen LogP) is 2.98. The Bertz CT molecular complexity index is 600. The van der Waals surface area contributed by atoms with Crippen LogP contribution in [-0.4, -0.2) is 33.5 Å². The predicted molar refractivity (Wildman–Crippen MR) is 90.2 cm³/mol. The van der Waals surface area contributed by atoms with Gasteiger partial charge in [-0.2, -0.15) is 0 Å². The molecular formula is C20H30O4. The summed E-state index contributed by atoms with van der Waals surface area (Å²) in [6.45, 7) is 8.22. The Morgan fingerprint density at radius 1 is 1.21 bits per heavy atom. The number of rotatable bonds is 1. The molecule has 4 nitrogen and oxygen atoms in total. The number of carboxylic acids is 1. The van der Waals surface area contributed by atoms with E-state index < -0.39 is 23.6 Å². The Labute approximate surface area is 144 Å². The molecule has 1 unspecified atom stereocenters. The zero-order valence-electron chi connectivity index (χ0n) is 14.8. The summed E-state index contributed by atoms with van der Waals surface area (Å²) in [4.78, 5) is 12.1. The maximum Gasteiger partial charge on any atom is 0.309 e. The summed E-state index contributed by atoms with van der Waals surface area (Å²) >= 11 is 0. The SMILES string of the molecule is C=C1[C@@H]2C[C@H](O)C3[C@@](CC[C@@H]4[C@](C)(C(=O)O)CCC[C@@]34C)(C2)[C@@H]1O. The molecule has 0 aromatic carbocycles. The van der Waals surface area contributed by atoms with E-state index in [1.807, 2.05) is 6.92 Å². The van der Waals surface area contributed by atoms with Crippen LogP contribution in [0.15, 0.2) is 12.2 Å². The molecule has 4 heteroatoms. The molecule has 0 aliphatic heterocycles. The average molecular weight is 334 g/mol. The number of hydrogen-bond donors (Lipinski definition) is 3. The molecule has 4 aliphatic carbocycles. The first kappa shape index (κ1) is 16.6. The van der Waals surface area contributed by atoms with Crippen molar-refractivity contribution in [1.29, 1.82) is 0 Å². The van der Waals surface area contributed by atoms with Gasteiger partial charge >= 0.3 is 5.97 Å². The van der Waals surface area contributed by atoms with Gasteiger partial charge in [0.15, 0.2) is 0 Å². The van der Waals surface area contributed by atoms with Gasteiger partial charge in [-0.05, 0) is 74.2 Å². The molecule has 8 atom stereocenters. The van der Waals surface area contributed by atoms with Gasteiger partial charge in [0.25, 0.3) is 0 Å². The fourth-order valence-corrected chi connectivity index (χ4v) is 7.73. The van der Waals surface area contributed by atoms with Gasteiger partial charge in [-0.25, -0.2) is 0 Å². The molecule has 4 rings (SSSR count). The van der Waals surface area contributed by atoms with Crippen LogP contribution in [0.25, 0.3) is 0 Å². The normalized spacial score (nSPS) is 56.5. The minimum absolute atomic E-state index is 0.0202. The lowest BCUT2D eigenvalue weighted by Crippen LogP contribution is -2.63. The van der Waals surface area contributed by atoms with E-state index in [-0.39, 0.29) is 28.6 Å². The highest BCUT2D eigenvalue weighted by Crippen LogP contribution is 2.72. The highest BCUT2D eigenvalue weighted by Gasteiger charge is 2.69. The van der Waals surface area contributed by atoms with Crippen LogP contribution in [0.3, 0.4) is 0 Å². The quantitative estimate of drug-likeness (QED) is 0.644. The monoisotopic (exact) mass is 334 g/mol. The van der Waals surface area contributed by atoms with Crippen LogP contribution in [0, 0.1) is 34.0 Å². The van der Waals surface area contributed by atoms with Crippen LogP contribution < -0.4 is 0 Å². The summed E-state index contributed by atoms with van der Waals surface area (Å²) < 4.78 is 0. The Morgan fingerprint density at radius 2 is 1.92 bits per heavy atom. The fourth-order valence-electron chi connectivity index (χ4n) is 7.73. The van der Waals surface area contributed by atoms with E-state index in [2.05, 4.69) is 13.5 Å². The second kappa shape index (κ2) is 4.85. The van der Waals surface area contributed by atoms with Crippen LogP contribution >= 0.6 is 0 Å². The minimum Gasteiger partial charge on any atom is -0.481 e. The van der Waals surface area contributed by atoms with Gasteiger partial charge in [0, 0.05) is 5.41 Å². The van der Waals surface area contributed by atoms with Crippen molar-refractivity contribution in [2.45, 2.75) is 71.0 Å². The number of carbonyl (C=O) groups is 1. The molecule has 134 valence electrons. The average Bonchev–Trinajstić information content (AvgIpc) is 2.68. The fraction of sp³-hybridized carbons (Fsp3) is 0.850. The molecule has 4 fully saturated rings. The van der Waals surface area contributed by atoms with Crippen LogP contribution in [0.5, 0.6) is 0 Å². The molecular weight excluding hydrogens is 304 g/mol. The van der Waals surface area contributed by atoms with Gasteiger partial charge in [-0.15, -0.1) is 0 Å². The number of fused-ring (bicyclic) bond motifs is 3. The van der Waals surface area contributed by atoms with Crippen molar-refractivity contribution >= 4 is 5.97 Å². The van der Waals surface area contributed by atoms with E-state index in [4.69, 9.17) is 0 Å². The molecule has 0 saturated heterocycles. The van der Waals surface area contributed by atoms with Crippen LogP contribution in [0.2, 0.25) is 0 Å². The molecule has 0 amide bonds. The summed E-state index contributed by atoms with van der Waals surface area (Å²) in [6, 6.07) is 0. The second-order valence-corrected chi connectivity index (χ2v) is 9.57. The summed E-state index contributed by atoms with van der Waals surface area (Å²) in [5, 5.41) is 31.9. The lowest BCUT2D eigenvalue weighted by Gasteiger charge is -2.64. The van der Waals surface area contributed by atoms with Crippen molar-refractivity contribution in [2.24, 2.45) is 34.0 Å². The molecule has 3 N–H and O–H groups in total. The summed E-state index contributed by atoms with van der Waals surface area (Å²) in [6.07, 6.45) is 4.80. The maximum absolute atomic E-state index is 12.1. The number of carboxylic acid groups (broad SMARTS) is 1. The van der Waals surface area contributed by atoms with E-state index in [0.717, 1.165) is 44.1 Å². The van der Waals surface area contributed by atoms with Crippen molar-refractivity contribution < 1.29 is 20.1 Å². The third-order valence-electron chi connectivity index (χ3n) is 8.65. The molecule has 4 aliphatic rings. The summed E-state index contributed by atoms with van der Waals surface area (Å²) in [7, 11) is 0. The number of aliphatic carboxylic acids is 1. The maximum atomic E-state index is 12.1. The first-order chi connectivity index (χ1) is 11.2. The van der Waals surface area contributed by atoms with Crippen molar-refractivity contribution in [3.63, 3.8) is 0 Å². The van der Waals surface area contributed by atoms with E-state index in [0.29, 0.717) is 6.42 Å². The zero-order chi connectivity index (χ0) is 17.5. The van der Waals surface area contributed by atoms with E-state index >= 15 is 0 Å². The Balaban J connectivity index is 1.82. The first-order valence-corrected chi connectivity index (χ1v) is 9.45. The molecule has 4 saturated carbocycles. The van der Waals surface area contributed by atoms with Gasteiger partial charge in [0.05, 0.1) is 17.6 Å². The molecule has 0 radical (unpaired) electrons. The van der Waals surface area contributed by atoms with Crippen molar-refractivity contribution in [2.75, 3.05) is 0 Å². The first-order valence-electron chi connectivity index (χ1n) is 9.45. The van der Waals surface area contributed by atoms with E-state index in [1.165, 1.54) is 0 Å². The third-order valence-corrected chi connectivity index (χ3v) is 8.65.